The first-order valence-electron chi connectivity index (χ1n) is 13.8. The fourth-order valence-electron chi connectivity index (χ4n) is 4.99. The van der Waals surface area contributed by atoms with Crippen molar-refractivity contribution in [2.45, 2.75) is 62.6 Å². The van der Waals surface area contributed by atoms with Crippen LogP contribution in [0.4, 0.5) is 10.1 Å². The van der Waals surface area contributed by atoms with Crippen LogP contribution < -0.4 is 14.4 Å². The van der Waals surface area contributed by atoms with Crippen molar-refractivity contribution in [2.75, 3.05) is 18.0 Å². The van der Waals surface area contributed by atoms with Crippen molar-refractivity contribution < 1.29 is 27.1 Å². The molecule has 1 unspecified atom stereocenters. The van der Waals surface area contributed by atoms with Crippen LogP contribution in [0.5, 0.6) is 5.75 Å². The van der Waals surface area contributed by atoms with Crippen LogP contribution in [0.15, 0.2) is 77.7 Å². The van der Waals surface area contributed by atoms with Gasteiger partial charge in [-0.1, -0.05) is 43.0 Å². The standard InChI is InChI=1S/C31H35ClFN3O5S/c1-22(31(38)34-26-9-4-3-5-10-26)35(20-23-7-6-8-24(32)19-23)30(37)21-36(27-13-11-25(33)12-14-27)42(39,40)29-17-15-28(41-2)16-18-29/h6-8,11-19,22,26H,3-5,9-10,20-21H2,1-2H3,(H,34,38). The summed E-state index contributed by atoms with van der Waals surface area (Å²) in [4.78, 5) is 28.7. The fraction of sp³-hybridized carbons (Fsp3) is 0.355. The molecule has 4 rings (SSSR count). The molecule has 0 aliphatic heterocycles. The van der Waals surface area contributed by atoms with E-state index in [2.05, 4.69) is 5.32 Å². The minimum absolute atomic E-state index is 0.0263. The first-order valence-corrected chi connectivity index (χ1v) is 15.7. The van der Waals surface area contributed by atoms with E-state index < -0.39 is 34.3 Å². The highest BCUT2D eigenvalue weighted by atomic mass is 35.5. The molecule has 8 nitrogen and oxygen atoms in total. The normalized spacial score (nSPS) is 14.6. The van der Waals surface area contributed by atoms with Crippen LogP contribution in [0.2, 0.25) is 5.02 Å². The number of rotatable bonds is 11. The third-order valence-electron chi connectivity index (χ3n) is 7.40. The number of carbonyl (C=O) groups excluding carboxylic acids is 2. The van der Waals surface area contributed by atoms with E-state index in [0.29, 0.717) is 16.3 Å². The molecule has 1 atom stereocenters. The zero-order valence-corrected chi connectivity index (χ0v) is 25.2. The van der Waals surface area contributed by atoms with Crippen LogP contribution in [0.3, 0.4) is 0 Å². The number of benzene rings is 3. The Balaban J connectivity index is 1.67. The minimum atomic E-state index is -4.28. The molecule has 3 aromatic carbocycles. The van der Waals surface area contributed by atoms with E-state index in [1.54, 1.807) is 31.2 Å². The first kappa shape index (κ1) is 31.3. The number of nitrogens with one attached hydrogen (secondary N) is 1. The molecule has 42 heavy (non-hydrogen) atoms. The molecule has 2 amide bonds. The Bertz CT molecular complexity index is 1480. The summed E-state index contributed by atoms with van der Waals surface area (Å²) >= 11 is 6.20. The monoisotopic (exact) mass is 615 g/mol. The molecule has 0 spiro atoms. The molecular formula is C31H35ClFN3O5S. The Morgan fingerprint density at radius 3 is 2.31 bits per heavy atom. The Labute approximate surface area is 251 Å². The second-order valence-corrected chi connectivity index (χ2v) is 12.6. The predicted molar refractivity (Wildman–Crippen MR) is 160 cm³/mol. The third-order valence-corrected chi connectivity index (χ3v) is 9.42. The Hall–Kier alpha value is -3.63. The number of anilines is 1. The van der Waals surface area contributed by atoms with Crippen LogP contribution in [-0.2, 0) is 26.2 Å². The number of amides is 2. The molecule has 0 bridgehead atoms. The van der Waals surface area contributed by atoms with Crippen molar-refractivity contribution in [2.24, 2.45) is 0 Å². The maximum atomic E-state index is 14.0. The molecule has 1 aliphatic carbocycles. The van der Waals surface area contributed by atoms with Crippen molar-refractivity contribution in [3.05, 3.63) is 89.2 Å². The summed E-state index contributed by atoms with van der Waals surface area (Å²) in [6.45, 7) is 1.03. The lowest BCUT2D eigenvalue weighted by Crippen LogP contribution is -2.53. The number of nitrogens with zero attached hydrogens (tertiary/aromatic N) is 2. The van der Waals surface area contributed by atoms with E-state index in [9.17, 15) is 22.4 Å². The van der Waals surface area contributed by atoms with Gasteiger partial charge in [0.1, 0.15) is 24.2 Å². The lowest BCUT2D eigenvalue weighted by atomic mass is 9.95. The minimum Gasteiger partial charge on any atom is -0.497 e. The van der Waals surface area contributed by atoms with Crippen LogP contribution in [0, 0.1) is 5.82 Å². The molecule has 0 radical (unpaired) electrons. The van der Waals surface area contributed by atoms with E-state index in [0.717, 1.165) is 48.5 Å². The highest BCUT2D eigenvalue weighted by molar-refractivity contribution is 7.92. The van der Waals surface area contributed by atoms with Crippen LogP contribution in [0.25, 0.3) is 0 Å². The van der Waals surface area contributed by atoms with Gasteiger partial charge in [-0.3, -0.25) is 13.9 Å². The second-order valence-electron chi connectivity index (χ2n) is 10.3. The quantitative estimate of drug-likeness (QED) is 0.305. The van der Waals surface area contributed by atoms with Gasteiger partial charge in [0.2, 0.25) is 11.8 Å². The van der Waals surface area contributed by atoms with Gasteiger partial charge in [0.25, 0.3) is 10.0 Å². The Morgan fingerprint density at radius 2 is 1.69 bits per heavy atom. The fourth-order valence-corrected chi connectivity index (χ4v) is 6.62. The lowest BCUT2D eigenvalue weighted by molar-refractivity contribution is -0.139. The number of hydrogen-bond acceptors (Lipinski definition) is 5. The second kappa shape index (κ2) is 14.0. The average molecular weight is 616 g/mol. The number of ether oxygens (including phenoxy) is 1. The van der Waals surface area contributed by atoms with Gasteiger partial charge in [-0.15, -0.1) is 0 Å². The summed E-state index contributed by atoms with van der Waals surface area (Å²) < 4.78 is 47.6. The number of halogens is 2. The summed E-state index contributed by atoms with van der Waals surface area (Å²) in [5.74, 6) is -1.02. The van der Waals surface area contributed by atoms with E-state index in [4.69, 9.17) is 16.3 Å². The van der Waals surface area contributed by atoms with Crippen molar-refractivity contribution in [1.29, 1.82) is 0 Å². The number of sulfonamides is 1. The highest BCUT2D eigenvalue weighted by Crippen LogP contribution is 2.26. The van der Waals surface area contributed by atoms with E-state index in [1.807, 2.05) is 0 Å². The molecule has 1 aliphatic rings. The summed E-state index contributed by atoms with van der Waals surface area (Å²) in [6.07, 6.45) is 4.93. The molecule has 0 saturated heterocycles. The zero-order valence-electron chi connectivity index (χ0n) is 23.6. The third kappa shape index (κ3) is 7.80. The van der Waals surface area contributed by atoms with E-state index >= 15 is 0 Å². The molecule has 3 aromatic rings. The Kier molecular flexibility index (Phi) is 10.5. The number of methoxy groups -OCH3 is 1. The van der Waals surface area contributed by atoms with Crippen LogP contribution >= 0.6 is 11.6 Å². The maximum Gasteiger partial charge on any atom is 0.264 e. The molecule has 1 saturated carbocycles. The van der Waals surface area contributed by atoms with Crippen LogP contribution in [0.1, 0.15) is 44.6 Å². The van der Waals surface area contributed by atoms with Crippen molar-refractivity contribution in [3.8, 4) is 5.75 Å². The van der Waals surface area contributed by atoms with Gasteiger partial charge in [-0.2, -0.15) is 0 Å². The van der Waals surface area contributed by atoms with Gasteiger partial charge in [-0.05, 0) is 86.0 Å². The van der Waals surface area contributed by atoms with Gasteiger partial charge in [0.15, 0.2) is 0 Å². The van der Waals surface area contributed by atoms with Gasteiger partial charge >= 0.3 is 0 Å². The van der Waals surface area contributed by atoms with E-state index in [1.165, 1.54) is 48.4 Å². The SMILES string of the molecule is COc1ccc(S(=O)(=O)N(CC(=O)N(Cc2cccc(Cl)c2)C(C)C(=O)NC2CCCCC2)c2ccc(F)cc2)cc1. The molecular weight excluding hydrogens is 581 g/mol. The van der Waals surface area contributed by atoms with Crippen molar-refractivity contribution >= 4 is 39.1 Å². The summed E-state index contributed by atoms with van der Waals surface area (Å²) in [5.41, 5.74) is 0.780. The summed E-state index contributed by atoms with van der Waals surface area (Å²) in [5, 5.41) is 3.53. The average Bonchev–Trinajstić information content (AvgIpc) is 2.99. The highest BCUT2D eigenvalue weighted by Gasteiger charge is 2.33. The zero-order chi connectivity index (χ0) is 30.3. The first-order chi connectivity index (χ1) is 20.1. The topological polar surface area (TPSA) is 96.0 Å². The number of hydrogen-bond donors (Lipinski definition) is 1. The molecule has 1 fully saturated rings. The maximum absolute atomic E-state index is 14.0. The van der Waals surface area contributed by atoms with Gasteiger partial charge in [0.05, 0.1) is 17.7 Å². The number of carbonyl (C=O) groups is 2. The van der Waals surface area contributed by atoms with Crippen molar-refractivity contribution in [3.63, 3.8) is 0 Å². The molecule has 224 valence electrons. The molecule has 11 heteroatoms. The summed E-state index contributed by atoms with van der Waals surface area (Å²) in [6, 6.07) is 16.6. The lowest BCUT2D eigenvalue weighted by Gasteiger charge is -2.33. The molecule has 0 aromatic heterocycles. The Morgan fingerprint density at radius 1 is 1.02 bits per heavy atom. The van der Waals surface area contributed by atoms with Crippen molar-refractivity contribution in [1.82, 2.24) is 10.2 Å². The van der Waals surface area contributed by atoms with Crippen LogP contribution in [-0.4, -0.2) is 50.9 Å². The smallest absolute Gasteiger partial charge is 0.264 e. The van der Waals surface area contributed by atoms with Gasteiger partial charge in [0, 0.05) is 17.6 Å². The summed E-state index contributed by atoms with van der Waals surface area (Å²) in [7, 11) is -2.82. The van der Waals surface area contributed by atoms with Gasteiger partial charge in [-0.25, -0.2) is 12.8 Å². The van der Waals surface area contributed by atoms with Gasteiger partial charge < -0.3 is 15.0 Å². The predicted octanol–water partition coefficient (Wildman–Crippen LogP) is 5.55. The van der Waals surface area contributed by atoms with E-state index in [-0.39, 0.29) is 29.1 Å². The molecule has 0 heterocycles. The molecule has 1 N–H and O–H groups in total. The largest absolute Gasteiger partial charge is 0.497 e.